The molecule has 48 heavy (non-hydrogen) atoms. The van der Waals surface area contributed by atoms with Crippen molar-refractivity contribution in [2.75, 3.05) is 41.0 Å². The fourth-order valence-electron chi connectivity index (χ4n) is 4.79. The topological polar surface area (TPSA) is 99.1 Å². The van der Waals surface area contributed by atoms with Gasteiger partial charge < -0.3 is 23.8 Å². The molecule has 2 unspecified atom stereocenters. The Morgan fingerprint density at radius 1 is 0.646 bits per heavy atom. The second-order valence-corrected chi connectivity index (χ2v) is 13.1. The number of likely N-dealkylation sites (N-methyl/N-ethyl adjacent to an activating group) is 1. The molecule has 8 heteroatoms. The zero-order valence-electron chi connectivity index (χ0n) is 30.9. The number of carboxylic acids is 1. The number of carbonyl (C=O) groups excluding carboxylic acids is 2. The van der Waals surface area contributed by atoms with E-state index in [0.717, 1.165) is 57.8 Å². The number of hydrogen-bond acceptors (Lipinski definition) is 6. The van der Waals surface area contributed by atoms with Crippen LogP contribution in [0.2, 0.25) is 0 Å². The molecule has 0 aliphatic rings. The normalized spacial score (nSPS) is 13.8. The van der Waals surface area contributed by atoms with E-state index in [9.17, 15) is 19.5 Å². The summed E-state index contributed by atoms with van der Waals surface area (Å²) < 4.78 is 17.1. The van der Waals surface area contributed by atoms with E-state index in [4.69, 9.17) is 14.2 Å². The van der Waals surface area contributed by atoms with Gasteiger partial charge in [-0.2, -0.15) is 0 Å². The molecule has 0 amide bonds. The molecule has 274 valence electrons. The molecule has 0 saturated heterocycles. The number of carboxylic acid groups (broad SMARTS) is 1. The summed E-state index contributed by atoms with van der Waals surface area (Å²) in [4.78, 5) is 36.7. The van der Waals surface area contributed by atoms with Gasteiger partial charge in [0.2, 0.25) is 0 Å². The van der Waals surface area contributed by atoms with Crippen LogP contribution in [0.3, 0.4) is 0 Å². The third kappa shape index (κ3) is 29.2. The van der Waals surface area contributed by atoms with Crippen molar-refractivity contribution >= 4 is 17.9 Å². The Morgan fingerprint density at radius 3 is 1.81 bits per heavy atom. The Kier molecular flexibility index (Phi) is 29.4. The van der Waals surface area contributed by atoms with E-state index < -0.39 is 24.1 Å². The van der Waals surface area contributed by atoms with Crippen LogP contribution in [0.5, 0.6) is 0 Å². The predicted molar refractivity (Wildman–Crippen MR) is 197 cm³/mol. The molecule has 0 spiro atoms. The lowest BCUT2D eigenvalue weighted by Gasteiger charge is -2.31. The van der Waals surface area contributed by atoms with Crippen LogP contribution in [-0.4, -0.2) is 80.6 Å². The van der Waals surface area contributed by atoms with Crippen molar-refractivity contribution in [1.29, 1.82) is 0 Å². The summed E-state index contributed by atoms with van der Waals surface area (Å²) in [6, 6.07) is -0.628. The van der Waals surface area contributed by atoms with Gasteiger partial charge in [-0.3, -0.25) is 9.59 Å². The quantitative estimate of drug-likeness (QED) is 0.0339. The van der Waals surface area contributed by atoms with Crippen LogP contribution in [0.25, 0.3) is 0 Å². The zero-order chi connectivity index (χ0) is 35.7. The van der Waals surface area contributed by atoms with Crippen molar-refractivity contribution in [3.8, 4) is 0 Å². The third-order valence-electron chi connectivity index (χ3n) is 7.66. The molecule has 0 heterocycles. The second-order valence-electron chi connectivity index (χ2n) is 13.1. The number of carbonyl (C=O) groups is 3. The molecule has 0 fully saturated rings. The lowest BCUT2D eigenvalue weighted by molar-refractivity contribution is -0.887. The first kappa shape index (κ1) is 45.0. The highest BCUT2D eigenvalue weighted by Gasteiger charge is 2.31. The zero-order valence-corrected chi connectivity index (χ0v) is 30.9. The molecule has 0 radical (unpaired) electrons. The lowest BCUT2D eigenvalue weighted by atomic mass is 10.1. The van der Waals surface area contributed by atoms with Gasteiger partial charge in [-0.1, -0.05) is 107 Å². The Morgan fingerprint density at radius 2 is 1.21 bits per heavy atom. The molecule has 0 saturated carbocycles. The van der Waals surface area contributed by atoms with Crippen molar-refractivity contribution in [1.82, 2.24) is 0 Å². The van der Waals surface area contributed by atoms with Crippen LogP contribution < -0.4 is 0 Å². The van der Waals surface area contributed by atoms with Crippen molar-refractivity contribution in [2.24, 2.45) is 0 Å². The highest BCUT2D eigenvalue weighted by molar-refractivity contribution is 5.72. The van der Waals surface area contributed by atoms with Crippen LogP contribution in [0, 0.1) is 0 Å². The smallest absolute Gasteiger partial charge is 0.362 e. The van der Waals surface area contributed by atoms with E-state index in [1.807, 2.05) is 33.3 Å². The minimum atomic E-state index is -0.891. The van der Waals surface area contributed by atoms with Gasteiger partial charge in [-0.05, 0) is 57.8 Å². The number of allylic oxidation sites excluding steroid dienone is 10. The van der Waals surface area contributed by atoms with E-state index in [1.165, 1.54) is 25.7 Å². The first-order chi connectivity index (χ1) is 23.1. The summed E-state index contributed by atoms with van der Waals surface area (Å²) in [5.41, 5.74) is 0. The first-order valence-electron chi connectivity index (χ1n) is 18.3. The first-order valence-corrected chi connectivity index (χ1v) is 18.3. The van der Waals surface area contributed by atoms with Gasteiger partial charge in [0.1, 0.15) is 6.61 Å². The molecule has 0 aromatic rings. The summed E-state index contributed by atoms with van der Waals surface area (Å²) in [7, 11) is 5.48. The molecule has 0 rings (SSSR count). The molecule has 0 aliphatic carbocycles. The summed E-state index contributed by atoms with van der Waals surface area (Å²) in [5.74, 6) is -1.60. The number of hydrogen-bond donors (Lipinski definition) is 1. The molecule has 0 aromatic heterocycles. The Hall–Kier alpha value is -2.97. The molecular weight excluding hydrogens is 606 g/mol. The van der Waals surface area contributed by atoms with Crippen LogP contribution in [0.4, 0.5) is 0 Å². The monoisotopic (exact) mass is 674 g/mol. The van der Waals surface area contributed by atoms with Gasteiger partial charge in [0, 0.05) is 19.3 Å². The van der Waals surface area contributed by atoms with Crippen molar-refractivity contribution < 1.29 is 38.2 Å². The number of quaternary nitrogens is 1. The highest BCUT2D eigenvalue weighted by atomic mass is 16.6. The number of esters is 2. The SMILES string of the molecule is CC/C=C\C/C=C\C/C=C\C/C=C\CCC(=O)OC(COCCC(C(=O)O)[N+](C)(C)C)COC(=O)CCCCCCC/C=C\CCCC. The Labute approximate surface area is 292 Å². The van der Waals surface area contributed by atoms with Crippen LogP contribution in [0.1, 0.15) is 123 Å². The fraction of sp³-hybridized carbons (Fsp3) is 0.675. The number of rotatable bonds is 31. The maximum atomic E-state index is 12.6. The summed E-state index contributed by atoms with van der Waals surface area (Å²) in [6.45, 7) is 4.46. The summed E-state index contributed by atoms with van der Waals surface area (Å²) in [5, 5.41) is 9.56. The average Bonchev–Trinajstić information content (AvgIpc) is 3.03. The molecule has 0 bridgehead atoms. The fourth-order valence-corrected chi connectivity index (χ4v) is 4.79. The van der Waals surface area contributed by atoms with Gasteiger partial charge in [0.15, 0.2) is 12.1 Å². The molecule has 8 nitrogen and oxygen atoms in total. The molecule has 2 atom stereocenters. The van der Waals surface area contributed by atoms with Crippen LogP contribution in [0.15, 0.2) is 60.8 Å². The van der Waals surface area contributed by atoms with Crippen LogP contribution >= 0.6 is 0 Å². The van der Waals surface area contributed by atoms with E-state index in [1.54, 1.807) is 0 Å². The minimum Gasteiger partial charge on any atom is -0.477 e. The van der Waals surface area contributed by atoms with Crippen LogP contribution in [-0.2, 0) is 28.6 Å². The van der Waals surface area contributed by atoms with Crippen molar-refractivity contribution in [2.45, 2.75) is 135 Å². The Bertz CT molecular complexity index is 975. The van der Waals surface area contributed by atoms with Gasteiger partial charge in [-0.25, -0.2) is 4.79 Å². The highest BCUT2D eigenvalue weighted by Crippen LogP contribution is 2.11. The molecule has 1 N–H and O–H groups in total. The van der Waals surface area contributed by atoms with E-state index >= 15 is 0 Å². The standard InChI is InChI=1S/C40H67NO7/c1-6-8-10-12-14-16-18-19-21-23-25-27-29-31-39(43)48-36(34-46-33-32-37(40(44)45)41(3,4)5)35-47-38(42)30-28-26-24-22-20-17-15-13-11-9-7-2/h8,10,13-16,19,21,25,27,36-37H,6-7,9,11-12,17-18,20,22-24,26,28-35H2,1-5H3/p+1/b10-8-,15-13-,16-14-,21-19-,27-25-. The van der Waals surface area contributed by atoms with E-state index in [-0.39, 0.29) is 36.7 Å². The van der Waals surface area contributed by atoms with Gasteiger partial charge in [-0.15, -0.1) is 0 Å². The maximum Gasteiger partial charge on any atom is 0.362 e. The summed E-state index contributed by atoms with van der Waals surface area (Å²) >= 11 is 0. The number of aliphatic carboxylic acids is 1. The van der Waals surface area contributed by atoms with Crippen molar-refractivity contribution in [3.63, 3.8) is 0 Å². The third-order valence-corrected chi connectivity index (χ3v) is 7.66. The lowest BCUT2D eigenvalue weighted by Crippen LogP contribution is -2.50. The van der Waals surface area contributed by atoms with Crippen molar-refractivity contribution in [3.05, 3.63) is 60.8 Å². The van der Waals surface area contributed by atoms with E-state index in [0.29, 0.717) is 19.3 Å². The largest absolute Gasteiger partial charge is 0.477 e. The number of unbranched alkanes of at least 4 members (excludes halogenated alkanes) is 7. The van der Waals surface area contributed by atoms with Gasteiger partial charge in [0.05, 0.1) is 34.4 Å². The predicted octanol–water partition coefficient (Wildman–Crippen LogP) is 9.07. The van der Waals surface area contributed by atoms with E-state index in [2.05, 4.69) is 62.5 Å². The number of ether oxygens (including phenoxy) is 3. The maximum absolute atomic E-state index is 12.6. The molecule has 0 aromatic carbocycles. The van der Waals surface area contributed by atoms with Gasteiger partial charge in [0.25, 0.3) is 0 Å². The van der Waals surface area contributed by atoms with Gasteiger partial charge >= 0.3 is 17.9 Å². The Balaban J connectivity index is 4.59. The number of nitrogens with zero attached hydrogens (tertiary/aromatic N) is 1. The minimum absolute atomic E-state index is 0.0271. The second kappa shape index (κ2) is 31.3. The average molecular weight is 675 g/mol. The summed E-state index contributed by atoms with van der Waals surface area (Å²) in [6.07, 6.45) is 35.7. The molecular formula is C40H68NO7+. The molecule has 0 aliphatic heterocycles.